The minimum absolute atomic E-state index is 0.290. The fourth-order valence-corrected chi connectivity index (χ4v) is 8.06. The van der Waals surface area contributed by atoms with Crippen LogP contribution in [0.5, 0.6) is 11.5 Å². The third-order valence-corrected chi connectivity index (χ3v) is 9.89. The van der Waals surface area contributed by atoms with Gasteiger partial charge in [-0.05, 0) is 66.2 Å². The van der Waals surface area contributed by atoms with Gasteiger partial charge in [-0.15, -0.1) is 0 Å². The van der Waals surface area contributed by atoms with E-state index < -0.39 is 45.5 Å². The number of methoxy groups -OCH3 is 2. The number of hydrogen-bond donors (Lipinski definition) is 1. The Hall–Kier alpha value is -4.42. The molecule has 12 heteroatoms. The van der Waals surface area contributed by atoms with Crippen molar-refractivity contribution >= 4 is 52.2 Å². The monoisotopic (exact) mass is 605 g/mol. The van der Waals surface area contributed by atoms with Gasteiger partial charge in [-0.25, -0.2) is 9.29 Å². The molecule has 2 aliphatic heterocycles. The van der Waals surface area contributed by atoms with Crippen molar-refractivity contribution in [3.8, 4) is 11.5 Å². The van der Waals surface area contributed by atoms with E-state index in [0.717, 1.165) is 28.0 Å². The number of carbonyl (C=O) groups excluding carboxylic acids is 3. The van der Waals surface area contributed by atoms with Crippen LogP contribution < -0.4 is 24.6 Å². The largest absolute Gasteiger partial charge is 0.497 e. The molecule has 4 aromatic rings. The Labute approximate surface area is 247 Å². The van der Waals surface area contributed by atoms with Crippen LogP contribution >= 0.6 is 23.1 Å². The lowest BCUT2D eigenvalue weighted by Crippen LogP contribution is -2.33. The number of benzene rings is 3. The van der Waals surface area contributed by atoms with Gasteiger partial charge in [-0.2, -0.15) is 0 Å². The minimum Gasteiger partial charge on any atom is -0.497 e. The summed E-state index contributed by atoms with van der Waals surface area (Å²) in [7, 11) is 3.06. The van der Waals surface area contributed by atoms with Gasteiger partial charge in [0.1, 0.15) is 29.1 Å². The normalized spacial score (nSPS) is 19.3. The summed E-state index contributed by atoms with van der Waals surface area (Å²) in [6.07, 6.45) is 0. The molecule has 1 N–H and O–H groups in total. The van der Waals surface area contributed by atoms with Crippen LogP contribution in [0.1, 0.15) is 16.4 Å². The van der Waals surface area contributed by atoms with E-state index in [1.54, 1.807) is 67.8 Å². The molecule has 0 radical (unpaired) electrons. The second kappa shape index (κ2) is 11.1. The average molecular weight is 606 g/mol. The summed E-state index contributed by atoms with van der Waals surface area (Å²) in [5.74, 6) is -2.02. The van der Waals surface area contributed by atoms with Crippen molar-refractivity contribution in [2.75, 3.05) is 24.4 Å². The molecule has 6 rings (SSSR count). The average Bonchev–Trinajstić information content (AvgIpc) is 3.44. The molecular formula is C30H24FN3O6S2. The van der Waals surface area contributed by atoms with Crippen LogP contribution in [0.15, 0.2) is 82.6 Å². The second-order valence-electron chi connectivity index (χ2n) is 9.70. The zero-order chi connectivity index (χ0) is 29.5. The van der Waals surface area contributed by atoms with Crippen molar-refractivity contribution in [3.05, 3.63) is 98.7 Å². The zero-order valence-corrected chi connectivity index (χ0v) is 24.0. The molecule has 42 heavy (non-hydrogen) atoms. The van der Waals surface area contributed by atoms with E-state index in [4.69, 9.17) is 9.47 Å². The number of nitrogens with zero attached hydrogens (tertiary/aromatic N) is 2. The molecule has 3 heterocycles. The lowest BCUT2D eigenvalue weighted by atomic mass is 9.83. The lowest BCUT2D eigenvalue weighted by molar-refractivity contribution is -0.122. The number of aromatic nitrogens is 1. The number of nitrogens with one attached hydrogen (secondary N) is 1. The van der Waals surface area contributed by atoms with Crippen molar-refractivity contribution in [2.24, 2.45) is 5.92 Å². The fraction of sp³-hybridized carbons (Fsp3) is 0.200. The van der Waals surface area contributed by atoms with Crippen LogP contribution in [0.2, 0.25) is 0 Å². The number of rotatable bonds is 7. The summed E-state index contributed by atoms with van der Waals surface area (Å²) in [5.41, 5.74) is 1.53. The number of halogens is 1. The molecule has 0 bridgehead atoms. The van der Waals surface area contributed by atoms with Gasteiger partial charge in [0.2, 0.25) is 17.7 Å². The standard InChI is InChI=1S/C30H24FN3O6S2/c1-39-20-11-7-18(8-12-20)32-22(35)15-33-29-26(42-30(33)38)23(16-3-5-17(31)6-4-16)24-25(41-29)28(37)34(27(24)36)19-9-13-21(40-2)14-10-19/h3-14,23-25H,15H2,1-2H3,(H,32,35). The molecule has 0 aliphatic carbocycles. The molecule has 9 nitrogen and oxygen atoms in total. The second-order valence-corrected chi connectivity index (χ2v) is 11.8. The van der Waals surface area contributed by atoms with Crippen molar-refractivity contribution < 1.29 is 28.2 Å². The molecule has 3 unspecified atom stereocenters. The molecule has 1 saturated heterocycles. The number of amides is 3. The smallest absolute Gasteiger partial charge is 0.308 e. The SMILES string of the molecule is COc1ccc(NC(=O)Cn2c3c(sc2=O)C(c2ccc(F)cc2)C2C(=O)N(c4ccc(OC)cc4)C(=O)C2S3)cc1. The molecule has 214 valence electrons. The fourth-order valence-electron chi connectivity index (χ4n) is 5.29. The molecule has 1 fully saturated rings. The molecule has 3 aromatic carbocycles. The van der Waals surface area contributed by atoms with Gasteiger partial charge in [0.25, 0.3) is 0 Å². The third kappa shape index (κ3) is 4.86. The van der Waals surface area contributed by atoms with E-state index in [0.29, 0.717) is 38.3 Å². The van der Waals surface area contributed by atoms with Crippen LogP contribution in [0, 0.1) is 11.7 Å². The Morgan fingerprint density at radius 2 is 1.50 bits per heavy atom. The number of thiazole rings is 1. The summed E-state index contributed by atoms with van der Waals surface area (Å²) in [4.78, 5) is 55.3. The van der Waals surface area contributed by atoms with E-state index in [2.05, 4.69) is 5.32 Å². The maximum Gasteiger partial charge on any atom is 0.308 e. The third-order valence-electron chi connectivity index (χ3n) is 7.28. The predicted octanol–water partition coefficient (Wildman–Crippen LogP) is 4.50. The summed E-state index contributed by atoms with van der Waals surface area (Å²) in [6, 6.07) is 19.1. The Morgan fingerprint density at radius 3 is 2.12 bits per heavy atom. The number of thioether (sulfide) groups is 1. The van der Waals surface area contributed by atoms with Gasteiger partial charge >= 0.3 is 4.87 Å². The van der Waals surface area contributed by atoms with E-state index >= 15 is 0 Å². The van der Waals surface area contributed by atoms with Gasteiger partial charge in [0.05, 0.1) is 30.9 Å². The van der Waals surface area contributed by atoms with Crippen LogP contribution in [0.4, 0.5) is 15.8 Å². The van der Waals surface area contributed by atoms with Crippen LogP contribution in [-0.2, 0) is 20.9 Å². The van der Waals surface area contributed by atoms with Gasteiger partial charge in [0, 0.05) is 16.5 Å². The maximum atomic E-state index is 13.9. The quantitative estimate of drug-likeness (QED) is 0.309. The maximum absolute atomic E-state index is 13.9. The van der Waals surface area contributed by atoms with Gasteiger partial charge < -0.3 is 14.8 Å². The highest BCUT2D eigenvalue weighted by Crippen LogP contribution is 2.53. The Morgan fingerprint density at radius 1 is 0.881 bits per heavy atom. The van der Waals surface area contributed by atoms with Crippen molar-refractivity contribution in [1.82, 2.24) is 4.57 Å². The van der Waals surface area contributed by atoms with Gasteiger partial charge in [-0.3, -0.25) is 23.7 Å². The zero-order valence-electron chi connectivity index (χ0n) is 22.4. The summed E-state index contributed by atoms with van der Waals surface area (Å²) < 4.78 is 25.6. The first kappa shape index (κ1) is 27.7. The summed E-state index contributed by atoms with van der Waals surface area (Å²) >= 11 is 2.04. The van der Waals surface area contributed by atoms with Crippen LogP contribution in [0.3, 0.4) is 0 Å². The highest BCUT2D eigenvalue weighted by molar-refractivity contribution is 8.00. The number of ether oxygens (including phenoxy) is 2. The van der Waals surface area contributed by atoms with Gasteiger partial charge in [0.15, 0.2) is 0 Å². The van der Waals surface area contributed by atoms with Crippen molar-refractivity contribution in [3.63, 3.8) is 0 Å². The Kier molecular flexibility index (Phi) is 7.33. The molecule has 0 saturated carbocycles. The Balaban J connectivity index is 1.37. The molecule has 3 atom stereocenters. The first-order valence-corrected chi connectivity index (χ1v) is 14.6. The van der Waals surface area contributed by atoms with E-state index in [1.807, 2.05) is 0 Å². The lowest BCUT2D eigenvalue weighted by Gasteiger charge is -2.30. The van der Waals surface area contributed by atoms with Crippen molar-refractivity contribution in [1.29, 1.82) is 0 Å². The van der Waals surface area contributed by atoms with Crippen molar-refractivity contribution in [2.45, 2.75) is 22.7 Å². The number of carbonyl (C=O) groups is 3. The topological polar surface area (TPSA) is 107 Å². The summed E-state index contributed by atoms with van der Waals surface area (Å²) in [5, 5.41) is 2.37. The molecule has 1 aromatic heterocycles. The Bertz CT molecular complexity index is 1730. The molecule has 3 amide bonds. The van der Waals surface area contributed by atoms with Crippen LogP contribution in [-0.4, -0.2) is 41.8 Å². The number of fused-ring (bicyclic) bond motifs is 2. The van der Waals surface area contributed by atoms with E-state index in [9.17, 15) is 23.6 Å². The minimum atomic E-state index is -0.855. The molecule has 2 aliphatic rings. The first-order chi connectivity index (χ1) is 20.3. The molecular weight excluding hydrogens is 581 g/mol. The number of anilines is 2. The molecule has 0 spiro atoms. The van der Waals surface area contributed by atoms with E-state index in [-0.39, 0.29) is 6.54 Å². The van der Waals surface area contributed by atoms with Gasteiger partial charge in [-0.1, -0.05) is 35.2 Å². The number of imide groups is 1. The highest BCUT2D eigenvalue weighted by atomic mass is 32.2. The highest BCUT2D eigenvalue weighted by Gasteiger charge is 2.56. The predicted molar refractivity (Wildman–Crippen MR) is 157 cm³/mol. The van der Waals surface area contributed by atoms with E-state index in [1.165, 1.54) is 23.8 Å². The van der Waals surface area contributed by atoms with Crippen LogP contribution in [0.25, 0.3) is 0 Å². The first-order valence-electron chi connectivity index (χ1n) is 12.9. The summed E-state index contributed by atoms with van der Waals surface area (Å²) in [6.45, 7) is -0.290. The number of hydrogen-bond acceptors (Lipinski definition) is 8.